The summed E-state index contributed by atoms with van der Waals surface area (Å²) in [4.78, 5) is 0.363. The summed E-state index contributed by atoms with van der Waals surface area (Å²) in [6, 6.07) is 26.9. The van der Waals surface area contributed by atoms with Crippen molar-refractivity contribution >= 4 is 10.0 Å². The molecule has 28 heavy (non-hydrogen) atoms. The number of piperidine rings is 1. The van der Waals surface area contributed by atoms with Gasteiger partial charge in [0.1, 0.15) is 0 Å². The molecule has 0 N–H and O–H groups in total. The van der Waals surface area contributed by atoms with Gasteiger partial charge < -0.3 is 0 Å². The Hall–Kier alpha value is -2.43. The maximum Gasteiger partial charge on any atom is 0.244 e. The van der Waals surface area contributed by atoms with E-state index in [1.54, 1.807) is 16.4 Å². The Morgan fingerprint density at radius 3 is 1.64 bits per heavy atom. The topological polar surface area (TPSA) is 37.4 Å². The summed E-state index contributed by atoms with van der Waals surface area (Å²) in [6.07, 6.45) is 2.66. The van der Waals surface area contributed by atoms with E-state index in [2.05, 4.69) is 0 Å². The zero-order chi connectivity index (χ0) is 19.6. The van der Waals surface area contributed by atoms with Crippen LogP contribution in [0.2, 0.25) is 0 Å². The van der Waals surface area contributed by atoms with Crippen molar-refractivity contribution in [2.45, 2.75) is 43.2 Å². The van der Waals surface area contributed by atoms with Crippen molar-refractivity contribution in [1.29, 1.82) is 0 Å². The fraction of sp³-hybridized carbons (Fsp3) is 0.250. The Balaban J connectivity index is 1.84. The lowest BCUT2D eigenvalue weighted by Gasteiger charge is -2.41. The van der Waals surface area contributed by atoms with Crippen LogP contribution in [0.25, 0.3) is 0 Å². The number of hydrogen-bond acceptors (Lipinski definition) is 2. The molecule has 0 spiro atoms. The fourth-order valence-corrected chi connectivity index (χ4v) is 5.97. The number of hydrogen-bond donors (Lipinski definition) is 0. The molecule has 3 nitrogen and oxygen atoms in total. The molecule has 1 aliphatic rings. The highest BCUT2D eigenvalue weighted by atomic mass is 32.2. The van der Waals surface area contributed by atoms with Gasteiger partial charge in [0.05, 0.1) is 17.0 Å². The van der Waals surface area contributed by atoms with Gasteiger partial charge in [-0.2, -0.15) is 4.31 Å². The highest BCUT2D eigenvalue weighted by Gasteiger charge is 2.41. The van der Waals surface area contributed by atoms with E-state index in [-0.39, 0.29) is 12.1 Å². The van der Waals surface area contributed by atoms with Crippen LogP contribution in [0.3, 0.4) is 0 Å². The van der Waals surface area contributed by atoms with Crippen molar-refractivity contribution in [3.63, 3.8) is 0 Å². The predicted octanol–water partition coefficient (Wildman–Crippen LogP) is 5.65. The third-order valence-corrected chi connectivity index (χ3v) is 7.47. The molecule has 2 unspecified atom stereocenters. The van der Waals surface area contributed by atoms with Gasteiger partial charge in [-0.05, 0) is 49.4 Å². The van der Waals surface area contributed by atoms with E-state index in [9.17, 15) is 8.42 Å². The third-order valence-electron chi connectivity index (χ3n) is 5.53. The molecule has 144 valence electrons. The molecule has 0 amide bonds. The van der Waals surface area contributed by atoms with E-state index in [1.807, 2.05) is 79.7 Å². The Kier molecular flexibility index (Phi) is 5.33. The molecule has 0 saturated carbocycles. The minimum atomic E-state index is -3.64. The zero-order valence-electron chi connectivity index (χ0n) is 16.0. The van der Waals surface area contributed by atoms with Crippen LogP contribution in [0.5, 0.6) is 0 Å². The lowest BCUT2D eigenvalue weighted by molar-refractivity contribution is 0.181. The first-order valence-electron chi connectivity index (χ1n) is 9.77. The number of nitrogens with zero attached hydrogens (tertiary/aromatic N) is 1. The molecular weight excluding hydrogens is 366 g/mol. The summed E-state index contributed by atoms with van der Waals surface area (Å²) < 4.78 is 29.3. The van der Waals surface area contributed by atoms with Crippen LogP contribution in [-0.4, -0.2) is 12.7 Å². The van der Waals surface area contributed by atoms with Crippen molar-refractivity contribution in [1.82, 2.24) is 4.31 Å². The number of aryl methyl sites for hydroxylation is 1. The molecule has 4 heteroatoms. The lowest BCUT2D eigenvalue weighted by atomic mass is 9.90. The molecule has 3 aromatic rings. The normalized spacial score (nSPS) is 20.8. The standard InChI is InChI=1S/C24H25NO2S/c1-19-15-17-22(18-16-19)28(26,27)25-23(20-9-4-2-5-10-20)13-8-14-24(25)21-11-6-3-7-12-21/h2-7,9-12,15-18,23-24H,8,13-14H2,1H3. The lowest BCUT2D eigenvalue weighted by Crippen LogP contribution is -2.40. The second kappa shape index (κ2) is 7.90. The minimum absolute atomic E-state index is 0.161. The molecule has 0 aromatic heterocycles. The SMILES string of the molecule is Cc1ccc(S(=O)(=O)N2C(c3ccccc3)CCCC2c2ccccc2)cc1. The summed E-state index contributed by atoms with van der Waals surface area (Å²) in [5, 5.41) is 0. The molecule has 0 aliphatic carbocycles. The van der Waals surface area contributed by atoms with E-state index < -0.39 is 10.0 Å². The van der Waals surface area contributed by atoms with Crippen molar-refractivity contribution in [2.24, 2.45) is 0 Å². The maximum atomic E-state index is 13.8. The van der Waals surface area contributed by atoms with E-state index in [0.29, 0.717) is 4.90 Å². The Morgan fingerprint density at radius 2 is 1.18 bits per heavy atom. The van der Waals surface area contributed by atoms with Gasteiger partial charge in [-0.1, -0.05) is 78.4 Å². The smallest absolute Gasteiger partial charge is 0.207 e. The minimum Gasteiger partial charge on any atom is -0.207 e. The molecule has 1 heterocycles. The van der Waals surface area contributed by atoms with Crippen molar-refractivity contribution in [3.05, 3.63) is 102 Å². The summed E-state index contributed by atoms with van der Waals surface area (Å²) in [5.74, 6) is 0. The molecule has 1 aliphatic heterocycles. The Morgan fingerprint density at radius 1 is 0.714 bits per heavy atom. The maximum absolute atomic E-state index is 13.8. The molecule has 2 atom stereocenters. The molecular formula is C24H25NO2S. The fourth-order valence-electron chi connectivity index (χ4n) is 4.12. The van der Waals surface area contributed by atoms with Gasteiger partial charge in [-0.3, -0.25) is 0 Å². The van der Waals surface area contributed by atoms with Gasteiger partial charge in [-0.15, -0.1) is 0 Å². The van der Waals surface area contributed by atoms with Gasteiger partial charge in [0.25, 0.3) is 0 Å². The van der Waals surface area contributed by atoms with Gasteiger partial charge in [0.2, 0.25) is 10.0 Å². The zero-order valence-corrected chi connectivity index (χ0v) is 16.8. The van der Waals surface area contributed by atoms with Crippen molar-refractivity contribution < 1.29 is 8.42 Å². The predicted molar refractivity (Wildman–Crippen MR) is 112 cm³/mol. The average molecular weight is 392 g/mol. The van der Waals surface area contributed by atoms with E-state index in [4.69, 9.17) is 0 Å². The Bertz CT molecular complexity index is 968. The van der Waals surface area contributed by atoms with Crippen LogP contribution in [0.4, 0.5) is 0 Å². The molecule has 4 rings (SSSR count). The molecule has 0 radical (unpaired) electrons. The van der Waals surface area contributed by atoms with Crippen molar-refractivity contribution in [2.75, 3.05) is 0 Å². The van der Waals surface area contributed by atoms with Gasteiger partial charge >= 0.3 is 0 Å². The largest absolute Gasteiger partial charge is 0.244 e. The second-order valence-electron chi connectivity index (χ2n) is 7.43. The number of benzene rings is 3. The molecule has 0 bridgehead atoms. The summed E-state index contributed by atoms with van der Waals surface area (Å²) in [7, 11) is -3.64. The quantitative estimate of drug-likeness (QED) is 0.576. The summed E-state index contributed by atoms with van der Waals surface area (Å²) >= 11 is 0. The molecule has 3 aromatic carbocycles. The first-order valence-corrected chi connectivity index (χ1v) is 11.2. The van der Waals surface area contributed by atoms with E-state index in [1.165, 1.54) is 0 Å². The Labute approximate surface area is 167 Å². The van der Waals surface area contributed by atoms with Gasteiger partial charge in [0.15, 0.2) is 0 Å². The number of sulfonamides is 1. The first-order chi connectivity index (χ1) is 13.6. The van der Waals surface area contributed by atoms with E-state index >= 15 is 0 Å². The van der Waals surface area contributed by atoms with Crippen molar-refractivity contribution in [3.8, 4) is 0 Å². The van der Waals surface area contributed by atoms with Crippen LogP contribution in [0.1, 0.15) is 48.0 Å². The van der Waals surface area contributed by atoms with Crippen LogP contribution in [0, 0.1) is 6.92 Å². The van der Waals surface area contributed by atoms with Gasteiger partial charge in [0, 0.05) is 0 Å². The van der Waals surface area contributed by atoms with Crippen LogP contribution < -0.4 is 0 Å². The van der Waals surface area contributed by atoms with Crippen LogP contribution >= 0.6 is 0 Å². The highest BCUT2D eigenvalue weighted by molar-refractivity contribution is 7.89. The average Bonchev–Trinajstić information content (AvgIpc) is 2.75. The molecule has 1 fully saturated rings. The highest BCUT2D eigenvalue weighted by Crippen LogP contribution is 2.45. The summed E-state index contributed by atoms with van der Waals surface area (Å²) in [5.41, 5.74) is 3.16. The monoisotopic (exact) mass is 391 g/mol. The van der Waals surface area contributed by atoms with Crippen LogP contribution in [0.15, 0.2) is 89.8 Å². The van der Waals surface area contributed by atoms with Crippen LogP contribution in [-0.2, 0) is 10.0 Å². The third kappa shape index (κ3) is 3.62. The first kappa shape index (κ1) is 18.9. The number of rotatable bonds is 4. The van der Waals surface area contributed by atoms with Gasteiger partial charge in [-0.25, -0.2) is 8.42 Å². The summed E-state index contributed by atoms with van der Waals surface area (Å²) in [6.45, 7) is 1.97. The second-order valence-corrected chi connectivity index (χ2v) is 9.28. The van der Waals surface area contributed by atoms with E-state index in [0.717, 1.165) is 36.0 Å². The molecule has 1 saturated heterocycles.